The van der Waals surface area contributed by atoms with Gasteiger partial charge in [0.05, 0.1) is 44.1 Å². The number of rotatable bonds is 17. The molecule has 0 saturated carbocycles. The molecule has 15 heteroatoms. The number of hydrazine groups is 1. The van der Waals surface area contributed by atoms with Gasteiger partial charge in [-0.05, 0) is 60.7 Å². The Hall–Kier alpha value is -4.80. The molecule has 3 amide bonds. The second-order valence-corrected chi connectivity index (χ2v) is 14.8. The number of methoxy groups -OCH3 is 1. The maximum Gasteiger partial charge on any atom is 0.407 e. The van der Waals surface area contributed by atoms with E-state index in [1.807, 2.05) is 94.5 Å². The smallest absolute Gasteiger partial charge is 0.407 e. The number of benzene rings is 2. The molecule has 2 fully saturated rings. The molecule has 3 aromatic rings. The molecule has 55 heavy (non-hydrogen) atoms. The van der Waals surface area contributed by atoms with E-state index < -0.39 is 54.1 Å². The number of aliphatic hydroxyl groups is 1. The van der Waals surface area contributed by atoms with Crippen LogP contribution in [-0.2, 0) is 36.7 Å². The Kier molecular flexibility index (Phi) is 14.8. The summed E-state index contributed by atoms with van der Waals surface area (Å²) in [7, 11) is 3.08. The fourth-order valence-electron chi connectivity index (χ4n) is 6.51. The summed E-state index contributed by atoms with van der Waals surface area (Å²) in [6.07, 6.45) is -0.867. The Bertz CT molecular complexity index is 1670. The van der Waals surface area contributed by atoms with Crippen molar-refractivity contribution in [3.05, 3.63) is 84.1 Å². The van der Waals surface area contributed by atoms with Gasteiger partial charge in [0.25, 0.3) is 5.91 Å². The number of carbonyl (C=O) groups is 3. The minimum absolute atomic E-state index is 0.0614. The number of likely N-dealkylation sites (N-methyl/N-ethyl adjacent to an activating group) is 1. The van der Waals surface area contributed by atoms with Crippen molar-refractivity contribution in [2.45, 2.75) is 70.7 Å². The van der Waals surface area contributed by atoms with Crippen LogP contribution in [0.4, 0.5) is 9.59 Å². The van der Waals surface area contributed by atoms with Gasteiger partial charge in [-0.2, -0.15) is 0 Å². The van der Waals surface area contributed by atoms with Crippen LogP contribution < -0.4 is 26.1 Å². The lowest BCUT2D eigenvalue weighted by Crippen LogP contribution is -2.59. The van der Waals surface area contributed by atoms with Crippen molar-refractivity contribution in [1.82, 2.24) is 31.4 Å². The first kappa shape index (κ1) is 41.4. The third kappa shape index (κ3) is 12.1. The summed E-state index contributed by atoms with van der Waals surface area (Å²) in [5.74, 6) is 0.117. The van der Waals surface area contributed by atoms with Crippen LogP contribution in [0, 0.1) is 11.3 Å². The zero-order chi connectivity index (χ0) is 39.4. The number of amides is 3. The van der Waals surface area contributed by atoms with Gasteiger partial charge in [0.2, 0.25) is 0 Å². The number of fused-ring (bicyclic) bond motifs is 1. The van der Waals surface area contributed by atoms with Gasteiger partial charge in [-0.25, -0.2) is 14.6 Å². The molecule has 1 aromatic heterocycles. The molecule has 5 N–H and O–H groups in total. The molecule has 3 heterocycles. The van der Waals surface area contributed by atoms with E-state index in [0.717, 1.165) is 28.8 Å². The molecule has 0 aliphatic carbocycles. The highest BCUT2D eigenvalue weighted by atomic mass is 16.7. The lowest BCUT2D eigenvalue weighted by atomic mass is 9.86. The van der Waals surface area contributed by atoms with E-state index in [1.54, 1.807) is 11.2 Å². The molecule has 6 atom stereocenters. The Morgan fingerprint density at radius 1 is 0.982 bits per heavy atom. The number of hydrogen-bond donors (Lipinski definition) is 5. The fraction of sp³-hybridized carbons (Fsp3) is 0.500. The van der Waals surface area contributed by atoms with Gasteiger partial charge in [-0.1, -0.05) is 63.2 Å². The molecule has 5 rings (SSSR count). The normalized spacial score (nSPS) is 19.5. The number of carbonyl (C=O) groups excluding carboxylic acids is 3. The van der Waals surface area contributed by atoms with Crippen molar-refractivity contribution in [1.29, 1.82) is 0 Å². The first-order valence-corrected chi connectivity index (χ1v) is 18.6. The van der Waals surface area contributed by atoms with Crippen molar-refractivity contribution in [2.75, 3.05) is 47.1 Å². The summed E-state index contributed by atoms with van der Waals surface area (Å²) >= 11 is 0. The molecule has 0 spiro atoms. The minimum atomic E-state index is -1.21. The number of ether oxygens (including phenoxy) is 5. The zero-order valence-electron chi connectivity index (χ0n) is 32.2. The van der Waals surface area contributed by atoms with Gasteiger partial charge in [0.1, 0.15) is 24.5 Å². The van der Waals surface area contributed by atoms with E-state index in [1.165, 1.54) is 7.11 Å². The van der Waals surface area contributed by atoms with Gasteiger partial charge < -0.3 is 44.7 Å². The van der Waals surface area contributed by atoms with Crippen LogP contribution in [0.15, 0.2) is 72.9 Å². The minimum Gasteiger partial charge on any atom is -0.492 e. The van der Waals surface area contributed by atoms with Crippen LogP contribution in [0.5, 0.6) is 5.75 Å². The monoisotopic (exact) mass is 762 g/mol. The molecule has 15 nitrogen and oxygen atoms in total. The van der Waals surface area contributed by atoms with Crippen molar-refractivity contribution in [2.24, 2.45) is 11.3 Å². The van der Waals surface area contributed by atoms with Crippen LogP contribution in [0.25, 0.3) is 11.3 Å². The molecule has 298 valence electrons. The number of hydrogen-bond acceptors (Lipinski definition) is 12. The zero-order valence-corrected chi connectivity index (χ0v) is 32.2. The summed E-state index contributed by atoms with van der Waals surface area (Å²) in [5.41, 5.74) is 5.61. The lowest BCUT2D eigenvalue weighted by Gasteiger charge is -2.34. The molecule has 0 unspecified atom stereocenters. The highest BCUT2D eigenvalue weighted by Crippen LogP contribution is 2.33. The van der Waals surface area contributed by atoms with E-state index in [4.69, 9.17) is 23.7 Å². The van der Waals surface area contributed by atoms with E-state index in [-0.39, 0.29) is 32.0 Å². The molecule has 0 bridgehead atoms. The van der Waals surface area contributed by atoms with Crippen LogP contribution >= 0.6 is 0 Å². The Morgan fingerprint density at radius 3 is 2.40 bits per heavy atom. The van der Waals surface area contributed by atoms with Crippen LogP contribution in [-0.4, -0.2) is 111 Å². The van der Waals surface area contributed by atoms with Crippen LogP contribution in [0.2, 0.25) is 0 Å². The fourth-order valence-corrected chi connectivity index (χ4v) is 6.51. The average Bonchev–Trinajstić information content (AvgIpc) is 3.79. The average molecular weight is 763 g/mol. The number of aliphatic hydroxyl groups excluding tert-OH is 1. The van der Waals surface area contributed by atoms with E-state index in [0.29, 0.717) is 25.5 Å². The first-order valence-electron chi connectivity index (χ1n) is 18.6. The second-order valence-electron chi connectivity index (χ2n) is 14.8. The third-order valence-electron chi connectivity index (χ3n) is 9.55. The molecular weight excluding hydrogens is 708 g/mol. The summed E-state index contributed by atoms with van der Waals surface area (Å²) in [6.45, 7) is 7.48. The summed E-state index contributed by atoms with van der Waals surface area (Å²) in [6, 6.07) is 19.0. The Morgan fingerprint density at radius 2 is 1.73 bits per heavy atom. The van der Waals surface area contributed by atoms with Gasteiger partial charge in [-0.15, -0.1) is 0 Å². The number of alkyl carbamates (subject to hydrolysis) is 2. The summed E-state index contributed by atoms with van der Waals surface area (Å²) in [5, 5.41) is 22.1. The van der Waals surface area contributed by atoms with Gasteiger partial charge in [0.15, 0.2) is 6.29 Å². The number of pyridine rings is 1. The van der Waals surface area contributed by atoms with E-state index in [2.05, 4.69) is 26.4 Å². The lowest BCUT2D eigenvalue weighted by molar-refractivity contribution is -0.131. The third-order valence-corrected chi connectivity index (χ3v) is 9.55. The van der Waals surface area contributed by atoms with Crippen molar-refractivity contribution >= 4 is 18.1 Å². The topological polar surface area (TPSA) is 182 Å². The standard InChI is InChI=1S/C40H54N6O9/c1-40(2,3)35(44-38(49)51-5)36(48)45-46(23-27-9-13-28(14-10-27)31-8-6-7-18-42-31)24-33(47)32(22-26-11-15-29(16-12-26)52-21-19-41-4)43-39(50)55-34-25-54-37-30(34)17-20-53-37/h6-16,18,30,32-35,37,41,47H,17,19-25H2,1-5H3,(H,43,50)(H,44,49)(H,45,48)/t30-,32-,33-,34-,35+,37+/m0/s1. The first-order chi connectivity index (χ1) is 26.4. The van der Waals surface area contributed by atoms with E-state index >= 15 is 0 Å². The largest absolute Gasteiger partial charge is 0.492 e. The van der Waals surface area contributed by atoms with E-state index in [9.17, 15) is 19.5 Å². The molecule has 0 radical (unpaired) electrons. The van der Waals surface area contributed by atoms with Crippen LogP contribution in [0.3, 0.4) is 0 Å². The summed E-state index contributed by atoms with van der Waals surface area (Å²) < 4.78 is 27.6. The van der Waals surface area contributed by atoms with Crippen molar-refractivity contribution in [3.8, 4) is 17.0 Å². The molecule has 2 aliphatic rings. The van der Waals surface area contributed by atoms with Gasteiger partial charge in [0, 0.05) is 31.4 Å². The van der Waals surface area contributed by atoms with Gasteiger partial charge >= 0.3 is 12.2 Å². The second kappa shape index (κ2) is 19.7. The van der Waals surface area contributed by atoms with Crippen molar-refractivity contribution < 1.29 is 43.2 Å². The molecule has 2 saturated heterocycles. The maximum atomic E-state index is 13.9. The van der Waals surface area contributed by atoms with Gasteiger partial charge in [-0.3, -0.25) is 15.2 Å². The molecule has 2 aliphatic heterocycles. The van der Waals surface area contributed by atoms with Crippen molar-refractivity contribution in [3.63, 3.8) is 0 Å². The SMILES string of the molecule is CNCCOc1ccc(C[C@H](NC(=O)O[C@H]2CO[C@H]3OCC[C@H]32)[C@@H](O)CN(Cc2ccc(-c3ccccn3)cc2)NC(=O)[C@@H](NC(=O)OC)C(C)(C)C)cc1. The highest BCUT2D eigenvalue weighted by Gasteiger charge is 2.44. The quantitative estimate of drug-likeness (QED) is 0.100. The number of aromatic nitrogens is 1. The number of nitrogens with zero attached hydrogens (tertiary/aromatic N) is 2. The highest BCUT2D eigenvalue weighted by molar-refractivity contribution is 5.86. The molecule has 2 aromatic carbocycles. The van der Waals surface area contributed by atoms with Crippen LogP contribution in [0.1, 0.15) is 38.3 Å². The Labute approximate surface area is 322 Å². The summed E-state index contributed by atoms with van der Waals surface area (Å²) in [4.78, 5) is 44.0. The predicted octanol–water partition coefficient (Wildman–Crippen LogP) is 3.41. The maximum absolute atomic E-state index is 13.9. The molecular formula is C40H54N6O9. The number of nitrogens with one attached hydrogen (secondary N) is 4. The predicted molar refractivity (Wildman–Crippen MR) is 204 cm³/mol. The Balaban J connectivity index is 1.37.